The zero-order chi connectivity index (χ0) is 18.1. The van der Waals surface area contributed by atoms with Crippen LogP contribution in [0.3, 0.4) is 0 Å². The number of aromatic nitrogens is 6. The van der Waals surface area contributed by atoms with E-state index in [1.807, 2.05) is 49.0 Å². The first kappa shape index (κ1) is 16.2. The zero-order valence-electron chi connectivity index (χ0n) is 14.6. The predicted octanol–water partition coefficient (Wildman–Crippen LogP) is 1.98. The van der Waals surface area contributed by atoms with Gasteiger partial charge in [-0.1, -0.05) is 0 Å². The van der Waals surface area contributed by atoms with Gasteiger partial charge in [0.1, 0.15) is 5.82 Å². The number of benzene rings is 1. The van der Waals surface area contributed by atoms with Gasteiger partial charge in [-0.25, -0.2) is 9.78 Å². The molecular weight excluding hydrogens is 332 g/mol. The van der Waals surface area contributed by atoms with E-state index in [4.69, 9.17) is 0 Å². The normalized spacial score (nSPS) is 14.8. The van der Waals surface area contributed by atoms with Crippen molar-refractivity contribution in [1.82, 2.24) is 35.1 Å². The SMILES string of the molecule is Cc1nnnn1-c1ccc(NC(=O)NC(c2nccn2C)C2CC2)cc1. The van der Waals surface area contributed by atoms with Gasteiger partial charge < -0.3 is 15.2 Å². The Balaban J connectivity index is 1.43. The molecule has 1 aliphatic carbocycles. The highest BCUT2D eigenvalue weighted by Gasteiger charge is 2.35. The molecule has 2 N–H and O–H groups in total. The van der Waals surface area contributed by atoms with Crippen molar-refractivity contribution in [2.45, 2.75) is 25.8 Å². The monoisotopic (exact) mass is 352 g/mol. The molecule has 0 radical (unpaired) electrons. The summed E-state index contributed by atoms with van der Waals surface area (Å²) in [6, 6.07) is 7.05. The molecule has 2 amide bonds. The minimum Gasteiger partial charge on any atom is -0.336 e. The molecule has 1 aliphatic rings. The first-order valence-electron chi connectivity index (χ1n) is 8.52. The van der Waals surface area contributed by atoms with Gasteiger partial charge in [-0.2, -0.15) is 4.68 Å². The highest BCUT2D eigenvalue weighted by Crippen LogP contribution is 2.40. The Morgan fingerprint density at radius 1 is 1.27 bits per heavy atom. The fourth-order valence-electron chi connectivity index (χ4n) is 2.96. The van der Waals surface area contributed by atoms with Gasteiger partial charge >= 0.3 is 6.03 Å². The Hall–Kier alpha value is -3.23. The van der Waals surface area contributed by atoms with E-state index < -0.39 is 0 Å². The van der Waals surface area contributed by atoms with Crippen molar-refractivity contribution >= 4 is 11.7 Å². The molecule has 4 rings (SSSR count). The average Bonchev–Trinajstić information content (AvgIpc) is 3.25. The Kier molecular flexibility index (Phi) is 4.11. The Labute approximate surface area is 150 Å². The number of imidazole rings is 1. The average molecular weight is 352 g/mol. The van der Waals surface area contributed by atoms with E-state index in [0.29, 0.717) is 17.4 Å². The third-order valence-corrected chi connectivity index (χ3v) is 4.51. The van der Waals surface area contributed by atoms with Gasteiger partial charge in [0, 0.05) is 25.1 Å². The standard InChI is InChI=1S/C17H20N8O/c1-11-21-22-23-25(11)14-7-5-13(6-8-14)19-17(26)20-15(12-3-4-12)16-18-9-10-24(16)2/h5-10,12,15H,3-4H2,1-2H3,(H2,19,20,26). The van der Waals surface area contributed by atoms with Crippen molar-refractivity contribution in [3.8, 4) is 5.69 Å². The molecule has 0 bridgehead atoms. The van der Waals surface area contributed by atoms with Crippen LogP contribution in [-0.4, -0.2) is 35.8 Å². The molecule has 1 unspecified atom stereocenters. The first-order chi connectivity index (χ1) is 12.6. The zero-order valence-corrected chi connectivity index (χ0v) is 14.6. The molecule has 3 aromatic rings. The molecule has 9 heteroatoms. The van der Waals surface area contributed by atoms with Crippen LogP contribution in [0.25, 0.3) is 5.69 Å². The molecule has 0 aliphatic heterocycles. The predicted molar refractivity (Wildman–Crippen MR) is 94.7 cm³/mol. The quantitative estimate of drug-likeness (QED) is 0.731. The number of hydrogen-bond donors (Lipinski definition) is 2. The molecule has 9 nitrogen and oxygen atoms in total. The van der Waals surface area contributed by atoms with Crippen molar-refractivity contribution < 1.29 is 4.79 Å². The lowest BCUT2D eigenvalue weighted by molar-refractivity contribution is 0.246. The molecule has 2 heterocycles. The third kappa shape index (κ3) is 3.28. The summed E-state index contributed by atoms with van der Waals surface area (Å²) >= 11 is 0. The van der Waals surface area contributed by atoms with Crippen molar-refractivity contribution in [2.75, 3.05) is 5.32 Å². The van der Waals surface area contributed by atoms with E-state index in [1.165, 1.54) is 0 Å². The number of rotatable bonds is 5. The lowest BCUT2D eigenvalue weighted by Crippen LogP contribution is -2.35. The van der Waals surface area contributed by atoms with Crippen LogP contribution < -0.4 is 10.6 Å². The molecule has 26 heavy (non-hydrogen) atoms. The van der Waals surface area contributed by atoms with Crippen molar-refractivity contribution in [3.63, 3.8) is 0 Å². The molecule has 134 valence electrons. The van der Waals surface area contributed by atoms with E-state index in [1.54, 1.807) is 10.9 Å². The molecule has 0 spiro atoms. The van der Waals surface area contributed by atoms with Crippen LogP contribution in [0.15, 0.2) is 36.7 Å². The number of nitrogens with zero attached hydrogens (tertiary/aromatic N) is 6. The molecule has 1 saturated carbocycles. The molecular formula is C17H20N8O. The van der Waals surface area contributed by atoms with Gasteiger partial charge in [0.05, 0.1) is 11.7 Å². The smallest absolute Gasteiger partial charge is 0.319 e. The summed E-state index contributed by atoms with van der Waals surface area (Å²) in [6.45, 7) is 1.83. The number of carbonyl (C=O) groups excluding carboxylic acids is 1. The second-order valence-electron chi connectivity index (χ2n) is 6.49. The number of tetrazole rings is 1. The molecule has 2 aromatic heterocycles. The van der Waals surface area contributed by atoms with Crippen LogP contribution >= 0.6 is 0 Å². The van der Waals surface area contributed by atoms with Gasteiger partial charge in [-0.15, -0.1) is 5.10 Å². The molecule has 1 fully saturated rings. The lowest BCUT2D eigenvalue weighted by Gasteiger charge is -2.18. The van der Waals surface area contributed by atoms with Crippen LogP contribution in [-0.2, 0) is 7.05 Å². The van der Waals surface area contributed by atoms with E-state index in [9.17, 15) is 4.79 Å². The number of carbonyl (C=O) groups is 1. The molecule has 1 aromatic carbocycles. The minimum absolute atomic E-state index is 0.0712. The minimum atomic E-state index is -0.240. The van der Waals surface area contributed by atoms with Gasteiger partial charge in [0.2, 0.25) is 0 Å². The maximum atomic E-state index is 12.4. The number of anilines is 1. The van der Waals surface area contributed by atoms with Crippen molar-refractivity contribution in [2.24, 2.45) is 13.0 Å². The summed E-state index contributed by atoms with van der Waals surface area (Å²) in [6.07, 6.45) is 5.86. The summed E-state index contributed by atoms with van der Waals surface area (Å²) in [4.78, 5) is 16.8. The summed E-state index contributed by atoms with van der Waals surface area (Å²) in [5.74, 6) is 2.03. The van der Waals surface area contributed by atoms with E-state index in [-0.39, 0.29) is 12.1 Å². The summed E-state index contributed by atoms with van der Waals surface area (Å²) < 4.78 is 3.58. The van der Waals surface area contributed by atoms with Crippen LogP contribution in [0.2, 0.25) is 0 Å². The van der Waals surface area contributed by atoms with Crippen molar-refractivity contribution in [1.29, 1.82) is 0 Å². The van der Waals surface area contributed by atoms with E-state index in [0.717, 1.165) is 24.4 Å². The van der Waals surface area contributed by atoms with E-state index >= 15 is 0 Å². The topological polar surface area (TPSA) is 103 Å². The Bertz CT molecular complexity index is 909. The number of hydrogen-bond acceptors (Lipinski definition) is 5. The Morgan fingerprint density at radius 3 is 2.62 bits per heavy atom. The van der Waals surface area contributed by atoms with Gasteiger partial charge in [-0.05, 0) is 60.4 Å². The number of nitrogens with one attached hydrogen (secondary N) is 2. The summed E-state index contributed by atoms with van der Waals surface area (Å²) in [7, 11) is 1.94. The fraction of sp³-hybridized carbons (Fsp3) is 0.353. The van der Waals surface area contributed by atoms with Gasteiger partial charge in [0.25, 0.3) is 0 Å². The first-order valence-corrected chi connectivity index (χ1v) is 8.52. The van der Waals surface area contributed by atoms with Gasteiger partial charge in [0.15, 0.2) is 5.82 Å². The lowest BCUT2D eigenvalue weighted by atomic mass is 10.1. The second kappa shape index (κ2) is 6.58. The second-order valence-corrected chi connectivity index (χ2v) is 6.49. The fourth-order valence-corrected chi connectivity index (χ4v) is 2.96. The number of urea groups is 1. The Morgan fingerprint density at radius 2 is 2.04 bits per heavy atom. The van der Waals surface area contributed by atoms with Crippen LogP contribution in [0, 0.1) is 12.8 Å². The number of amides is 2. The summed E-state index contributed by atoms with van der Waals surface area (Å²) in [5, 5.41) is 17.3. The summed E-state index contributed by atoms with van der Waals surface area (Å²) in [5.41, 5.74) is 1.54. The van der Waals surface area contributed by atoms with Crippen molar-refractivity contribution in [3.05, 3.63) is 48.3 Å². The number of aryl methyl sites for hydroxylation is 2. The largest absolute Gasteiger partial charge is 0.336 e. The van der Waals surface area contributed by atoms with Crippen LogP contribution in [0.5, 0.6) is 0 Å². The maximum Gasteiger partial charge on any atom is 0.319 e. The maximum absolute atomic E-state index is 12.4. The van der Waals surface area contributed by atoms with Crippen LogP contribution in [0.1, 0.15) is 30.5 Å². The molecule has 1 atom stereocenters. The van der Waals surface area contributed by atoms with Crippen LogP contribution in [0.4, 0.5) is 10.5 Å². The highest BCUT2D eigenvalue weighted by molar-refractivity contribution is 5.89. The highest BCUT2D eigenvalue weighted by atomic mass is 16.2. The van der Waals surface area contributed by atoms with Gasteiger partial charge in [-0.3, -0.25) is 0 Å². The third-order valence-electron chi connectivity index (χ3n) is 4.51. The molecule has 0 saturated heterocycles. The van der Waals surface area contributed by atoms with E-state index in [2.05, 4.69) is 31.1 Å².